The Bertz CT molecular complexity index is 403. The third-order valence-electron chi connectivity index (χ3n) is 4.41. The highest BCUT2D eigenvalue weighted by Gasteiger charge is 2.32. The Morgan fingerprint density at radius 3 is 2.84 bits per heavy atom. The minimum absolute atomic E-state index is 0.432. The summed E-state index contributed by atoms with van der Waals surface area (Å²) < 4.78 is 0. The minimum Gasteiger partial charge on any atom is -0.330 e. The number of hydrogen-bond acceptors (Lipinski definition) is 3. The zero-order chi connectivity index (χ0) is 13.8. The number of hydrogen-bond donors (Lipinski definition) is 1. The zero-order valence-corrected chi connectivity index (χ0v) is 12.5. The lowest BCUT2D eigenvalue weighted by Crippen LogP contribution is -2.40. The maximum absolute atomic E-state index is 6.07. The normalized spacial score (nSPS) is 25.5. The maximum atomic E-state index is 6.07. The van der Waals surface area contributed by atoms with Gasteiger partial charge in [0.2, 0.25) is 0 Å². The summed E-state index contributed by atoms with van der Waals surface area (Å²) in [5.41, 5.74) is 8.77. The van der Waals surface area contributed by atoms with Crippen LogP contribution in [0.15, 0.2) is 18.5 Å². The zero-order valence-electron chi connectivity index (χ0n) is 12.5. The number of rotatable bonds is 3. The van der Waals surface area contributed by atoms with Gasteiger partial charge in [-0.05, 0) is 69.8 Å². The number of nitrogens with two attached hydrogens (primary N) is 1. The van der Waals surface area contributed by atoms with Crippen LogP contribution in [0.4, 0.5) is 0 Å². The lowest BCUT2D eigenvalue weighted by atomic mass is 9.87. The number of likely N-dealkylation sites (tertiary alicyclic amines) is 1. The van der Waals surface area contributed by atoms with E-state index in [1.807, 2.05) is 12.4 Å². The van der Waals surface area contributed by atoms with Crippen LogP contribution in [0.25, 0.3) is 0 Å². The van der Waals surface area contributed by atoms with Crippen molar-refractivity contribution < 1.29 is 0 Å². The predicted molar refractivity (Wildman–Crippen MR) is 80.0 cm³/mol. The third kappa shape index (κ3) is 3.15. The molecule has 19 heavy (non-hydrogen) atoms. The first-order valence-corrected chi connectivity index (χ1v) is 7.51. The fourth-order valence-electron chi connectivity index (χ4n) is 3.31. The monoisotopic (exact) mass is 261 g/mol. The van der Waals surface area contributed by atoms with Crippen molar-refractivity contribution in [3.05, 3.63) is 29.6 Å². The first kappa shape index (κ1) is 14.5. The Hall–Kier alpha value is -0.930. The Morgan fingerprint density at radius 1 is 1.42 bits per heavy atom. The molecule has 0 aromatic carbocycles. The van der Waals surface area contributed by atoms with Gasteiger partial charge in [-0.1, -0.05) is 6.42 Å². The van der Waals surface area contributed by atoms with E-state index in [1.54, 1.807) is 0 Å². The average molecular weight is 261 g/mol. The summed E-state index contributed by atoms with van der Waals surface area (Å²) in [6.45, 7) is 8.71. The van der Waals surface area contributed by atoms with Crippen molar-refractivity contribution in [1.82, 2.24) is 9.88 Å². The molecule has 3 nitrogen and oxygen atoms in total. The SMILES string of the molecule is Cc1ccncc1C1C(CN)CCCCN1C(C)C. The third-order valence-corrected chi connectivity index (χ3v) is 4.41. The van der Waals surface area contributed by atoms with Crippen molar-refractivity contribution in [3.8, 4) is 0 Å². The first-order chi connectivity index (χ1) is 9.15. The van der Waals surface area contributed by atoms with Gasteiger partial charge in [0.25, 0.3) is 0 Å². The van der Waals surface area contributed by atoms with Gasteiger partial charge in [0.1, 0.15) is 0 Å². The number of aryl methyl sites for hydroxylation is 1. The van der Waals surface area contributed by atoms with E-state index in [9.17, 15) is 0 Å². The molecule has 3 heteroatoms. The molecule has 0 aliphatic carbocycles. The molecular weight excluding hydrogens is 234 g/mol. The molecule has 0 amide bonds. The van der Waals surface area contributed by atoms with E-state index in [4.69, 9.17) is 5.73 Å². The van der Waals surface area contributed by atoms with Crippen LogP contribution >= 0.6 is 0 Å². The van der Waals surface area contributed by atoms with Crippen LogP contribution in [0.3, 0.4) is 0 Å². The van der Waals surface area contributed by atoms with E-state index in [0.717, 1.165) is 6.54 Å². The Kier molecular flexibility index (Phi) is 4.94. The van der Waals surface area contributed by atoms with E-state index in [1.165, 1.54) is 36.9 Å². The fourth-order valence-corrected chi connectivity index (χ4v) is 3.31. The predicted octanol–water partition coefficient (Wildman–Crippen LogP) is 2.90. The van der Waals surface area contributed by atoms with Gasteiger partial charge in [-0.2, -0.15) is 0 Å². The smallest absolute Gasteiger partial charge is 0.0408 e. The molecule has 0 spiro atoms. The number of pyridine rings is 1. The first-order valence-electron chi connectivity index (χ1n) is 7.51. The van der Waals surface area contributed by atoms with Crippen LogP contribution in [0.2, 0.25) is 0 Å². The minimum atomic E-state index is 0.432. The fraction of sp³-hybridized carbons (Fsp3) is 0.688. The van der Waals surface area contributed by atoms with Gasteiger partial charge in [0.15, 0.2) is 0 Å². The van der Waals surface area contributed by atoms with Crippen LogP contribution in [-0.2, 0) is 0 Å². The lowest BCUT2D eigenvalue weighted by molar-refractivity contribution is 0.121. The maximum Gasteiger partial charge on any atom is 0.0408 e. The molecule has 1 fully saturated rings. The lowest BCUT2D eigenvalue weighted by Gasteiger charge is -2.38. The molecule has 1 saturated heterocycles. The van der Waals surface area contributed by atoms with E-state index in [-0.39, 0.29) is 0 Å². The van der Waals surface area contributed by atoms with E-state index in [0.29, 0.717) is 18.0 Å². The molecule has 1 aliphatic rings. The van der Waals surface area contributed by atoms with Gasteiger partial charge >= 0.3 is 0 Å². The van der Waals surface area contributed by atoms with Gasteiger partial charge < -0.3 is 5.73 Å². The quantitative estimate of drug-likeness (QED) is 0.909. The van der Waals surface area contributed by atoms with E-state index in [2.05, 4.69) is 36.7 Å². The number of aromatic nitrogens is 1. The highest BCUT2D eigenvalue weighted by molar-refractivity contribution is 5.26. The second kappa shape index (κ2) is 6.49. The Balaban J connectivity index is 2.40. The van der Waals surface area contributed by atoms with Crippen LogP contribution in [0.1, 0.15) is 50.3 Å². The summed E-state index contributed by atoms with van der Waals surface area (Å²) in [4.78, 5) is 6.97. The van der Waals surface area contributed by atoms with Crippen molar-refractivity contribution in [2.24, 2.45) is 11.7 Å². The molecule has 2 atom stereocenters. The molecule has 2 N–H and O–H groups in total. The molecule has 2 unspecified atom stereocenters. The summed E-state index contributed by atoms with van der Waals surface area (Å²) in [5.74, 6) is 0.549. The molecule has 2 heterocycles. The van der Waals surface area contributed by atoms with Crippen LogP contribution in [0, 0.1) is 12.8 Å². The highest BCUT2D eigenvalue weighted by Crippen LogP contribution is 2.36. The van der Waals surface area contributed by atoms with E-state index >= 15 is 0 Å². The van der Waals surface area contributed by atoms with Crippen molar-refractivity contribution in [2.75, 3.05) is 13.1 Å². The van der Waals surface area contributed by atoms with Crippen molar-refractivity contribution >= 4 is 0 Å². The molecule has 0 bridgehead atoms. The van der Waals surface area contributed by atoms with Gasteiger partial charge in [-0.25, -0.2) is 0 Å². The molecule has 2 rings (SSSR count). The second-order valence-corrected chi connectivity index (χ2v) is 6.00. The molecule has 1 aromatic rings. The van der Waals surface area contributed by atoms with Crippen molar-refractivity contribution in [1.29, 1.82) is 0 Å². The van der Waals surface area contributed by atoms with Crippen LogP contribution < -0.4 is 5.73 Å². The van der Waals surface area contributed by atoms with Gasteiger partial charge in [-0.15, -0.1) is 0 Å². The Labute approximate surface area is 117 Å². The van der Waals surface area contributed by atoms with E-state index < -0.39 is 0 Å². The molecule has 1 aromatic heterocycles. The standard InChI is InChI=1S/C16H27N3/c1-12(2)19-9-5-4-6-14(10-17)16(19)15-11-18-8-7-13(15)3/h7-8,11-12,14,16H,4-6,9-10,17H2,1-3H3. The van der Waals surface area contributed by atoms with Crippen LogP contribution in [-0.4, -0.2) is 29.0 Å². The van der Waals surface area contributed by atoms with Gasteiger partial charge in [0, 0.05) is 24.5 Å². The molecule has 0 saturated carbocycles. The van der Waals surface area contributed by atoms with Crippen molar-refractivity contribution in [3.63, 3.8) is 0 Å². The topological polar surface area (TPSA) is 42.1 Å². The van der Waals surface area contributed by atoms with Crippen molar-refractivity contribution in [2.45, 2.75) is 52.1 Å². The highest BCUT2D eigenvalue weighted by atomic mass is 15.2. The molecule has 1 aliphatic heterocycles. The second-order valence-electron chi connectivity index (χ2n) is 6.00. The summed E-state index contributed by atoms with van der Waals surface area (Å²) in [6, 6.07) is 3.10. The summed E-state index contributed by atoms with van der Waals surface area (Å²) in [5, 5.41) is 0. The molecular formula is C16H27N3. The van der Waals surface area contributed by atoms with Gasteiger partial charge in [-0.3, -0.25) is 9.88 Å². The van der Waals surface area contributed by atoms with Crippen LogP contribution in [0.5, 0.6) is 0 Å². The average Bonchev–Trinajstić information content (AvgIpc) is 2.61. The number of nitrogens with zero attached hydrogens (tertiary/aromatic N) is 2. The summed E-state index contributed by atoms with van der Waals surface area (Å²) in [7, 11) is 0. The summed E-state index contributed by atoms with van der Waals surface area (Å²) >= 11 is 0. The Morgan fingerprint density at radius 2 is 2.21 bits per heavy atom. The largest absolute Gasteiger partial charge is 0.330 e. The van der Waals surface area contributed by atoms with Gasteiger partial charge in [0.05, 0.1) is 0 Å². The molecule has 106 valence electrons. The summed E-state index contributed by atoms with van der Waals surface area (Å²) in [6.07, 6.45) is 7.74. The molecule has 0 radical (unpaired) electrons.